The molecule has 1 N–H and O–H groups in total. The summed E-state index contributed by atoms with van der Waals surface area (Å²) in [6, 6.07) is 13.5. The standard InChI is InChI=1S/C26H31ClN4O3/c1-17(2)30-14-12-20(13-15-30)28-25(32)24-29-22-6-4-5-21(26(33)34-3)23(22)31(24)16-11-18-7-9-19(27)10-8-18/h4-10,17,20H,11-16H2,1-3H3,(H,28,32). The van der Waals surface area contributed by atoms with E-state index in [1.54, 1.807) is 12.1 Å². The molecule has 0 atom stereocenters. The van der Waals surface area contributed by atoms with Crippen LogP contribution in [0.5, 0.6) is 0 Å². The molecule has 3 aromatic rings. The van der Waals surface area contributed by atoms with E-state index in [1.165, 1.54) is 7.11 Å². The number of imidazole rings is 1. The van der Waals surface area contributed by atoms with Gasteiger partial charge in [0, 0.05) is 36.7 Å². The molecule has 1 fully saturated rings. The van der Waals surface area contributed by atoms with Crippen LogP contribution in [-0.2, 0) is 17.7 Å². The topological polar surface area (TPSA) is 76.5 Å². The molecule has 2 aromatic carbocycles. The van der Waals surface area contributed by atoms with Crippen LogP contribution in [0.4, 0.5) is 0 Å². The Morgan fingerprint density at radius 3 is 2.50 bits per heavy atom. The minimum absolute atomic E-state index is 0.104. The molecule has 7 nitrogen and oxygen atoms in total. The van der Waals surface area contributed by atoms with Crippen LogP contribution in [0.2, 0.25) is 5.02 Å². The maximum atomic E-state index is 13.4. The van der Waals surface area contributed by atoms with Gasteiger partial charge in [0.05, 0.1) is 23.7 Å². The SMILES string of the molecule is COC(=O)c1cccc2nc(C(=O)NC3CCN(C(C)C)CC3)n(CCc3ccc(Cl)cc3)c12. The van der Waals surface area contributed by atoms with Crippen LogP contribution >= 0.6 is 11.6 Å². The van der Waals surface area contributed by atoms with E-state index >= 15 is 0 Å². The highest BCUT2D eigenvalue weighted by molar-refractivity contribution is 6.30. The number of aromatic nitrogens is 2. The smallest absolute Gasteiger partial charge is 0.340 e. The van der Waals surface area contributed by atoms with E-state index in [-0.39, 0.29) is 11.9 Å². The van der Waals surface area contributed by atoms with Gasteiger partial charge in [-0.25, -0.2) is 9.78 Å². The normalized spacial score (nSPS) is 15.1. The number of para-hydroxylation sites is 1. The van der Waals surface area contributed by atoms with Crippen LogP contribution in [0, 0.1) is 0 Å². The van der Waals surface area contributed by atoms with E-state index in [4.69, 9.17) is 16.3 Å². The second-order valence-electron chi connectivity index (χ2n) is 9.01. The second kappa shape index (κ2) is 10.6. The quantitative estimate of drug-likeness (QED) is 0.507. The predicted molar refractivity (Wildman–Crippen MR) is 133 cm³/mol. The van der Waals surface area contributed by atoms with Crippen molar-refractivity contribution >= 4 is 34.5 Å². The summed E-state index contributed by atoms with van der Waals surface area (Å²) in [6.07, 6.45) is 2.47. The Kier molecular flexibility index (Phi) is 7.54. The van der Waals surface area contributed by atoms with Gasteiger partial charge in [0.25, 0.3) is 5.91 Å². The van der Waals surface area contributed by atoms with Crippen molar-refractivity contribution in [3.8, 4) is 0 Å². The number of carbonyl (C=O) groups is 2. The number of halogens is 1. The Labute approximate surface area is 205 Å². The Balaban J connectivity index is 1.63. The number of likely N-dealkylation sites (tertiary alicyclic amines) is 1. The Morgan fingerprint density at radius 1 is 1.15 bits per heavy atom. The van der Waals surface area contributed by atoms with Gasteiger partial charge in [-0.2, -0.15) is 0 Å². The molecule has 0 spiro atoms. The minimum Gasteiger partial charge on any atom is -0.465 e. The summed E-state index contributed by atoms with van der Waals surface area (Å²) in [5.74, 6) is -0.357. The third kappa shape index (κ3) is 5.26. The predicted octanol–water partition coefficient (Wildman–Crippen LogP) is 4.32. The highest BCUT2D eigenvalue weighted by Crippen LogP contribution is 2.23. The zero-order chi connectivity index (χ0) is 24.2. The lowest BCUT2D eigenvalue weighted by Gasteiger charge is -2.34. The molecular weight excluding hydrogens is 452 g/mol. The van der Waals surface area contributed by atoms with Crippen LogP contribution in [0.15, 0.2) is 42.5 Å². The second-order valence-corrected chi connectivity index (χ2v) is 9.44. The van der Waals surface area contributed by atoms with Gasteiger partial charge in [-0.05, 0) is 62.9 Å². The van der Waals surface area contributed by atoms with Crippen molar-refractivity contribution in [2.45, 2.75) is 51.7 Å². The van der Waals surface area contributed by atoms with Crippen molar-refractivity contribution in [3.63, 3.8) is 0 Å². The van der Waals surface area contributed by atoms with E-state index in [2.05, 4.69) is 29.0 Å². The van der Waals surface area contributed by atoms with Gasteiger partial charge in [0.1, 0.15) is 0 Å². The highest BCUT2D eigenvalue weighted by Gasteiger charge is 2.26. The van der Waals surface area contributed by atoms with E-state index in [1.807, 2.05) is 34.9 Å². The van der Waals surface area contributed by atoms with E-state index in [0.29, 0.717) is 46.5 Å². The Hall–Kier alpha value is -2.90. The van der Waals surface area contributed by atoms with Gasteiger partial charge in [-0.15, -0.1) is 0 Å². The number of amides is 1. The summed E-state index contributed by atoms with van der Waals surface area (Å²) in [5.41, 5.74) is 2.68. The highest BCUT2D eigenvalue weighted by atomic mass is 35.5. The first-order valence-electron chi connectivity index (χ1n) is 11.7. The largest absolute Gasteiger partial charge is 0.465 e. The van der Waals surface area contributed by atoms with Gasteiger partial charge >= 0.3 is 5.97 Å². The Morgan fingerprint density at radius 2 is 1.85 bits per heavy atom. The number of benzene rings is 2. The fourth-order valence-corrected chi connectivity index (χ4v) is 4.68. The number of nitrogens with one attached hydrogen (secondary N) is 1. The number of hydrogen-bond acceptors (Lipinski definition) is 5. The molecular formula is C26H31ClN4O3. The number of piperidine rings is 1. The van der Waals surface area contributed by atoms with E-state index < -0.39 is 5.97 Å². The zero-order valence-corrected chi connectivity index (χ0v) is 20.6. The van der Waals surface area contributed by atoms with Crippen LogP contribution in [-0.4, -0.2) is 58.6 Å². The van der Waals surface area contributed by atoms with Crippen molar-refractivity contribution in [3.05, 3.63) is 64.4 Å². The van der Waals surface area contributed by atoms with Crippen LogP contribution in [0.3, 0.4) is 0 Å². The molecule has 1 amide bonds. The molecule has 1 aromatic heterocycles. The third-order valence-corrected chi connectivity index (χ3v) is 6.76. The molecule has 0 bridgehead atoms. The van der Waals surface area contributed by atoms with Crippen molar-refractivity contribution in [2.24, 2.45) is 0 Å². The molecule has 1 aliphatic heterocycles. The van der Waals surface area contributed by atoms with Gasteiger partial charge in [0.15, 0.2) is 5.82 Å². The average Bonchev–Trinajstić information content (AvgIpc) is 3.22. The zero-order valence-electron chi connectivity index (χ0n) is 19.9. The molecule has 0 aliphatic carbocycles. The van der Waals surface area contributed by atoms with Crippen molar-refractivity contribution in [2.75, 3.05) is 20.2 Å². The molecule has 0 saturated carbocycles. The lowest BCUT2D eigenvalue weighted by atomic mass is 10.0. The number of aryl methyl sites for hydroxylation is 2. The number of fused-ring (bicyclic) bond motifs is 1. The maximum absolute atomic E-state index is 13.4. The number of esters is 1. The first-order valence-corrected chi connectivity index (χ1v) is 12.1. The molecule has 4 rings (SSSR count). The van der Waals surface area contributed by atoms with Gasteiger partial charge in [0.2, 0.25) is 0 Å². The number of hydrogen-bond donors (Lipinski definition) is 1. The number of methoxy groups -OCH3 is 1. The summed E-state index contributed by atoms with van der Waals surface area (Å²) in [5, 5.41) is 3.86. The van der Waals surface area contributed by atoms with Gasteiger partial charge < -0.3 is 19.5 Å². The number of carbonyl (C=O) groups excluding carboxylic acids is 2. The summed E-state index contributed by atoms with van der Waals surface area (Å²) in [7, 11) is 1.35. The lowest BCUT2D eigenvalue weighted by Crippen LogP contribution is -2.47. The summed E-state index contributed by atoms with van der Waals surface area (Å²) >= 11 is 6.02. The monoisotopic (exact) mass is 482 g/mol. The molecule has 0 unspecified atom stereocenters. The van der Waals surface area contributed by atoms with Gasteiger partial charge in [-0.1, -0.05) is 29.8 Å². The van der Waals surface area contributed by atoms with Gasteiger partial charge in [-0.3, -0.25) is 4.79 Å². The first-order chi connectivity index (χ1) is 16.4. The van der Waals surface area contributed by atoms with E-state index in [9.17, 15) is 9.59 Å². The Bertz CT molecular complexity index is 1160. The maximum Gasteiger partial charge on any atom is 0.340 e. The average molecular weight is 483 g/mol. The fourth-order valence-electron chi connectivity index (χ4n) is 4.55. The summed E-state index contributed by atoms with van der Waals surface area (Å²) in [6.45, 7) is 6.80. The van der Waals surface area contributed by atoms with Crippen molar-refractivity contribution in [1.82, 2.24) is 19.8 Å². The molecule has 180 valence electrons. The molecule has 1 aliphatic rings. The van der Waals surface area contributed by atoms with E-state index in [0.717, 1.165) is 31.5 Å². The van der Waals surface area contributed by atoms with Crippen LogP contribution in [0.25, 0.3) is 11.0 Å². The number of rotatable bonds is 7. The number of nitrogens with zero attached hydrogens (tertiary/aromatic N) is 3. The molecule has 1 saturated heterocycles. The molecule has 0 radical (unpaired) electrons. The van der Waals surface area contributed by atoms with Crippen molar-refractivity contribution < 1.29 is 14.3 Å². The van der Waals surface area contributed by atoms with Crippen LogP contribution in [0.1, 0.15) is 53.2 Å². The van der Waals surface area contributed by atoms with Crippen molar-refractivity contribution in [1.29, 1.82) is 0 Å². The summed E-state index contributed by atoms with van der Waals surface area (Å²) < 4.78 is 6.84. The molecule has 34 heavy (non-hydrogen) atoms. The molecule has 2 heterocycles. The fraction of sp³-hybridized carbons (Fsp3) is 0.423. The minimum atomic E-state index is -0.453. The van der Waals surface area contributed by atoms with Crippen LogP contribution < -0.4 is 5.32 Å². The first kappa shape index (κ1) is 24.2. The molecule has 8 heteroatoms. The number of ether oxygens (including phenoxy) is 1. The summed E-state index contributed by atoms with van der Waals surface area (Å²) in [4.78, 5) is 32.9. The lowest BCUT2D eigenvalue weighted by molar-refractivity contribution is 0.0602. The third-order valence-electron chi connectivity index (χ3n) is 6.51.